The van der Waals surface area contributed by atoms with Crippen molar-refractivity contribution in [2.45, 2.75) is 51.5 Å². The van der Waals surface area contributed by atoms with Crippen LogP contribution < -0.4 is 5.32 Å². The minimum Gasteiger partial charge on any atom is -0.317 e. The number of hydrogen-bond acceptors (Lipinski definition) is 2. The average molecular weight is 221 g/mol. The van der Waals surface area contributed by atoms with E-state index >= 15 is 0 Å². The second kappa shape index (κ2) is 6.04. The molecule has 2 rings (SSSR count). The standard InChI is InChI=1S/C13H23N3/c1-2-14-10-5-6-12-9-11-16(15-12)13-7-3-4-8-13/h9,11,13-14H,2-8,10H2,1H3. The number of aromatic nitrogens is 2. The Kier molecular flexibility index (Phi) is 4.40. The zero-order chi connectivity index (χ0) is 11.2. The first kappa shape index (κ1) is 11.6. The largest absolute Gasteiger partial charge is 0.317 e. The summed E-state index contributed by atoms with van der Waals surface area (Å²) in [5.41, 5.74) is 1.25. The fourth-order valence-corrected chi connectivity index (χ4v) is 2.45. The highest BCUT2D eigenvalue weighted by Gasteiger charge is 2.17. The van der Waals surface area contributed by atoms with Crippen LogP contribution in [0.1, 0.15) is 50.8 Å². The summed E-state index contributed by atoms with van der Waals surface area (Å²) < 4.78 is 2.19. The van der Waals surface area contributed by atoms with Crippen molar-refractivity contribution < 1.29 is 0 Å². The molecule has 1 saturated carbocycles. The van der Waals surface area contributed by atoms with Crippen molar-refractivity contribution in [2.75, 3.05) is 13.1 Å². The monoisotopic (exact) mass is 221 g/mol. The van der Waals surface area contributed by atoms with E-state index in [0.29, 0.717) is 6.04 Å². The van der Waals surface area contributed by atoms with Gasteiger partial charge in [-0.05, 0) is 44.8 Å². The third kappa shape index (κ3) is 3.08. The van der Waals surface area contributed by atoms with Gasteiger partial charge in [-0.15, -0.1) is 0 Å². The predicted molar refractivity (Wildman–Crippen MR) is 66.6 cm³/mol. The highest BCUT2D eigenvalue weighted by atomic mass is 15.3. The molecule has 1 N–H and O–H groups in total. The van der Waals surface area contributed by atoms with Crippen LogP contribution in [0.3, 0.4) is 0 Å². The molecule has 0 spiro atoms. The Hall–Kier alpha value is -0.830. The summed E-state index contributed by atoms with van der Waals surface area (Å²) in [5.74, 6) is 0. The first-order valence-electron chi connectivity index (χ1n) is 6.65. The van der Waals surface area contributed by atoms with Crippen LogP contribution in [0, 0.1) is 0 Å². The van der Waals surface area contributed by atoms with Gasteiger partial charge in [0.25, 0.3) is 0 Å². The van der Waals surface area contributed by atoms with Crippen LogP contribution in [0.15, 0.2) is 12.3 Å². The third-order valence-electron chi connectivity index (χ3n) is 3.40. The number of nitrogens with one attached hydrogen (secondary N) is 1. The lowest BCUT2D eigenvalue weighted by atomic mass is 10.2. The Balaban J connectivity index is 1.77. The molecule has 1 aliphatic rings. The van der Waals surface area contributed by atoms with E-state index in [1.165, 1.54) is 37.8 Å². The van der Waals surface area contributed by atoms with E-state index in [2.05, 4.69) is 34.3 Å². The smallest absolute Gasteiger partial charge is 0.0625 e. The Labute approximate surface area is 98.2 Å². The van der Waals surface area contributed by atoms with Crippen molar-refractivity contribution in [1.82, 2.24) is 15.1 Å². The quantitative estimate of drug-likeness (QED) is 0.748. The van der Waals surface area contributed by atoms with Crippen LogP contribution in [0.25, 0.3) is 0 Å². The molecule has 0 saturated heterocycles. The zero-order valence-electron chi connectivity index (χ0n) is 10.3. The summed E-state index contributed by atoms with van der Waals surface area (Å²) in [5, 5.41) is 8.02. The molecule has 0 aromatic carbocycles. The number of aryl methyl sites for hydroxylation is 1. The molecule has 0 aliphatic heterocycles. The van der Waals surface area contributed by atoms with E-state index in [1.807, 2.05) is 0 Å². The van der Waals surface area contributed by atoms with E-state index in [4.69, 9.17) is 0 Å². The molecular formula is C13H23N3. The zero-order valence-corrected chi connectivity index (χ0v) is 10.3. The van der Waals surface area contributed by atoms with Crippen molar-refractivity contribution in [2.24, 2.45) is 0 Å². The lowest BCUT2D eigenvalue weighted by Crippen LogP contribution is -2.14. The van der Waals surface area contributed by atoms with Gasteiger partial charge in [0.15, 0.2) is 0 Å². The number of nitrogens with zero attached hydrogens (tertiary/aromatic N) is 2. The predicted octanol–water partition coefficient (Wildman–Crippen LogP) is 2.54. The maximum Gasteiger partial charge on any atom is 0.0625 e. The van der Waals surface area contributed by atoms with Crippen molar-refractivity contribution in [3.8, 4) is 0 Å². The summed E-state index contributed by atoms with van der Waals surface area (Å²) in [6.45, 7) is 4.32. The highest BCUT2D eigenvalue weighted by molar-refractivity contribution is 5.00. The molecule has 3 heteroatoms. The first-order chi connectivity index (χ1) is 7.90. The van der Waals surface area contributed by atoms with Gasteiger partial charge in [0, 0.05) is 6.20 Å². The minimum absolute atomic E-state index is 0.683. The first-order valence-corrected chi connectivity index (χ1v) is 6.65. The lowest BCUT2D eigenvalue weighted by Gasteiger charge is -2.08. The second-order valence-electron chi connectivity index (χ2n) is 4.68. The van der Waals surface area contributed by atoms with Crippen LogP contribution in [0.2, 0.25) is 0 Å². The van der Waals surface area contributed by atoms with Gasteiger partial charge in [0.05, 0.1) is 11.7 Å². The molecule has 16 heavy (non-hydrogen) atoms. The van der Waals surface area contributed by atoms with E-state index in [9.17, 15) is 0 Å². The van der Waals surface area contributed by atoms with Crippen LogP contribution in [-0.2, 0) is 6.42 Å². The van der Waals surface area contributed by atoms with Crippen molar-refractivity contribution >= 4 is 0 Å². The Morgan fingerprint density at radius 1 is 1.44 bits per heavy atom. The van der Waals surface area contributed by atoms with E-state index in [0.717, 1.165) is 19.5 Å². The molecule has 0 atom stereocenters. The molecular weight excluding hydrogens is 198 g/mol. The molecule has 0 unspecified atom stereocenters. The van der Waals surface area contributed by atoms with Gasteiger partial charge in [0.2, 0.25) is 0 Å². The van der Waals surface area contributed by atoms with Crippen LogP contribution in [-0.4, -0.2) is 22.9 Å². The van der Waals surface area contributed by atoms with Crippen molar-refractivity contribution in [3.63, 3.8) is 0 Å². The third-order valence-corrected chi connectivity index (χ3v) is 3.40. The van der Waals surface area contributed by atoms with Crippen molar-refractivity contribution in [1.29, 1.82) is 0 Å². The lowest BCUT2D eigenvalue weighted by molar-refractivity contribution is 0.462. The van der Waals surface area contributed by atoms with Gasteiger partial charge < -0.3 is 5.32 Å². The maximum absolute atomic E-state index is 4.68. The molecule has 0 radical (unpaired) electrons. The molecule has 1 aromatic rings. The van der Waals surface area contributed by atoms with Gasteiger partial charge in [0.1, 0.15) is 0 Å². The average Bonchev–Trinajstić information content (AvgIpc) is 2.94. The molecule has 0 bridgehead atoms. The second-order valence-corrected chi connectivity index (χ2v) is 4.68. The van der Waals surface area contributed by atoms with Crippen LogP contribution in [0.5, 0.6) is 0 Å². The van der Waals surface area contributed by atoms with Gasteiger partial charge in [-0.1, -0.05) is 19.8 Å². The number of rotatable bonds is 6. The molecule has 90 valence electrons. The summed E-state index contributed by atoms with van der Waals surface area (Å²) in [4.78, 5) is 0. The van der Waals surface area contributed by atoms with Crippen molar-refractivity contribution in [3.05, 3.63) is 18.0 Å². The normalized spacial score (nSPS) is 17.1. The van der Waals surface area contributed by atoms with E-state index < -0.39 is 0 Å². The fourth-order valence-electron chi connectivity index (χ4n) is 2.45. The van der Waals surface area contributed by atoms with Crippen LogP contribution in [0.4, 0.5) is 0 Å². The highest BCUT2D eigenvalue weighted by Crippen LogP contribution is 2.28. The summed E-state index contributed by atoms with van der Waals surface area (Å²) in [7, 11) is 0. The van der Waals surface area contributed by atoms with Gasteiger partial charge in [-0.2, -0.15) is 5.10 Å². The topological polar surface area (TPSA) is 29.9 Å². The van der Waals surface area contributed by atoms with Gasteiger partial charge >= 0.3 is 0 Å². The molecule has 1 aromatic heterocycles. The van der Waals surface area contributed by atoms with Gasteiger partial charge in [-0.25, -0.2) is 0 Å². The number of hydrogen-bond donors (Lipinski definition) is 1. The van der Waals surface area contributed by atoms with E-state index in [-0.39, 0.29) is 0 Å². The molecule has 0 amide bonds. The van der Waals surface area contributed by atoms with E-state index in [1.54, 1.807) is 0 Å². The summed E-state index contributed by atoms with van der Waals surface area (Å²) in [6.07, 6.45) is 9.85. The Morgan fingerprint density at radius 2 is 2.25 bits per heavy atom. The van der Waals surface area contributed by atoms with Gasteiger partial charge in [-0.3, -0.25) is 4.68 Å². The molecule has 1 heterocycles. The summed E-state index contributed by atoms with van der Waals surface area (Å²) in [6, 6.07) is 2.87. The Bertz CT molecular complexity index is 300. The van der Waals surface area contributed by atoms with Crippen LogP contribution >= 0.6 is 0 Å². The molecule has 1 aliphatic carbocycles. The minimum atomic E-state index is 0.683. The SMILES string of the molecule is CCNCCCc1ccn(C2CCCC2)n1. The fraction of sp³-hybridized carbons (Fsp3) is 0.769. The summed E-state index contributed by atoms with van der Waals surface area (Å²) >= 11 is 0. The molecule has 1 fully saturated rings. The Morgan fingerprint density at radius 3 is 3.00 bits per heavy atom. The maximum atomic E-state index is 4.68. The molecule has 3 nitrogen and oxygen atoms in total.